The van der Waals surface area contributed by atoms with E-state index in [-0.39, 0.29) is 11.1 Å². The average molecular weight is 448 g/mol. The van der Waals surface area contributed by atoms with E-state index in [0.29, 0.717) is 22.2 Å². The monoisotopic (exact) mass is 448 g/mol. The maximum atomic E-state index is 13.4. The number of furan rings is 1. The number of halogens is 1. The summed E-state index contributed by atoms with van der Waals surface area (Å²) in [6.45, 7) is 3.70. The standard InChI is InChI=1S/C24H17FN2O4S/c1-12-3-9-16-18(11-12)32-24(26-16)27-20(17-10-4-13(2)31-17)19(22(29)23(27)30)21(28)14-5-7-15(25)8-6-14/h3-11,20,28H,1-2H3. The van der Waals surface area contributed by atoms with Crippen LogP contribution in [-0.4, -0.2) is 21.8 Å². The smallest absolute Gasteiger partial charge is 0.302 e. The van der Waals surface area contributed by atoms with Crippen LogP contribution in [0.15, 0.2) is 64.6 Å². The van der Waals surface area contributed by atoms with Crippen LogP contribution in [0.4, 0.5) is 9.52 Å². The van der Waals surface area contributed by atoms with Crippen LogP contribution in [0.3, 0.4) is 0 Å². The van der Waals surface area contributed by atoms with Gasteiger partial charge < -0.3 is 9.52 Å². The zero-order valence-electron chi connectivity index (χ0n) is 17.1. The molecule has 3 heterocycles. The zero-order valence-corrected chi connectivity index (χ0v) is 17.9. The number of carbonyl (C=O) groups is 2. The van der Waals surface area contributed by atoms with Crippen LogP contribution >= 0.6 is 11.3 Å². The predicted molar refractivity (Wildman–Crippen MR) is 119 cm³/mol. The highest BCUT2D eigenvalue weighted by molar-refractivity contribution is 7.22. The predicted octanol–water partition coefficient (Wildman–Crippen LogP) is 5.27. The van der Waals surface area contributed by atoms with Crippen molar-refractivity contribution >= 4 is 44.1 Å². The molecule has 4 aromatic rings. The Hall–Kier alpha value is -3.78. The Morgan fingerprint density at radius 3 is 2.53 bits per heavy atom. The topological polar surface area (TPSA) is 83.6 Å². The van der Waals surface area contributed by atoms with Gasteiger partial charge in [-0.25, -0.2) is 9.37 Å². The van der Waals surface area contributed by atoms with Crippen LogP contribution < -0.4 is 4.90 Å². The SMILES string of the molecule is Cc1ccc2nc(N3C(=O)C(=O)C(=C(O)c4ccc(F)cc4)C3c3ccc(C)o3)sc2c1. The Bertz CT molecular complexity index is 1420. The number of rotatable bonds is 3. The Balaban J connectivity index is 1.72. The Kier molecular flexibility index (Phi) is 4.67. The number of Topliss-reactive ketones (excluding diaryl/α,β-unsaturated/α-hetero) is 1. The molecule has 2 aromatic heterocycles. The van der Waals surface area contributed by atoms with E-state index >= 15 is 0 Å². The molecule has 0 spiro atoms. The Labute approximate surface area is 186 Å². The summed E-state index contributed by atoms with van der Waals surface area (Å²) in [7, 11) is 0. The van der Waals surface area contributed by atoms with Crippen molar-refractivity contribution in [3.8, 4) is 0 Å². The molecular weight excluding hydrogens is 431 g/mol. The molecule has 1 saturated heterocycles. The van der Waals surface area contributed by atoms with E-state index in [0.717, 1.165) is 10.3 Å². The first-order valence-electron chi connectivity index (χ1n) is 9.84. The Morgan fingerprint density at radius 2 is 1.84 bits per heavy atom. The second-order valence-corrected chi connectivity index (χ2v) is 8.60. The number of benzene rings is 2. The van der Waals surface area contributed by atoms with Crippen molar-refractivity contribution in [1.29, 1.82) is 0 Å². The molecule has 0 radical (unpaired) electrons. The first-order valence-corrected chi connectivity index (χ1v) is 10.7. The van der Waals surface area contributed by atoms with E-state index < -0.39 is 29.3 Å². The molecule has 8 heteroatoms. The third-order valence-corrected chi connectivity index (χ3v) is 6.35. The van der Waals surface area contributed by atoms with Gasteiger partial charge in [0, 0.05) is 5.56 Å². The summed E-state index contributed by atoms with van der Waals surface area (Å²) in [6.07, 6.45) is 0. The number of aliphatic hydroxyl groups excluding tert-OH is 1. The molecule has 6 nitrogen and oxygen atoms in total. The van der Waals surface area contributed by atoms with Gasteiger partial charge in [0.05, 0.1) is 15.8 Å². The number of aliphatic hydroxyl groups is 1. The van der Waals surface area contributed by atoms with Gasteiger partial charge in [0.25, 0.3) is 5.78 Å². The third-order valence-electron chi connectivity index (χ3n) is 5.33. The molecule has 32 heavy (non-hydrogen) atoms. The van der Waals surface area contributed by atoms with Crippen LogP contribution in [0.2, 0.25) is 0 Å². The molecule has 1 fully saturated rings. The lowest BCUT2D eigenvalue weighted by atomic mass is 9.99. The summed E-state index contributed by atoms with van der Waals surface area (Å²) in [5.74, 6) is -1.65. The van der Waals surface area contributed by atoms with Gasteiger partial charge in [0.15, 0.2) is 5.13 Å². The minimum absolute atomic E-state index is 0.133. The van der Waals surface area contributed by atoms with Gasteiger partial charge in [-0.3, -0.25) is 14.5 Å². The second kappa shape index (κ2) is 7.42. The van der Waals surface area contributed by atoms with Crippen molar-refractivity contribution in [2.75, 3.05) is 4.90 Å². The minimum Gasteiger partial charge on any atom is -0.507 e. The number of thiazole rings is 1. The van der Waals surface area contributed by atoms with Gasteiger partial charge in [0.1, 0.15) is 29.1 Å². The van der Waals surface area contributed by atoms with Gasteiger partial charge in [-0.1, -0.05) is 17.4 Å². The molecule has 5 rings (SSSR count). The number of ketones is 1. The fraction of sp³-hybridized carbons (Fsp3) is 0.125. The van der Waals surface area contributed by atoms with E-state index in [2.05, 4.69) is 4.98 Å². The second-order valence-electron chi connectivity index (χ2n) is 7.59. The molecule has 160 valence electrons. The quantitative estimate of drug-likeness (QED) is 0.262. The molecule has 1 amide bonds. The first-order chi connectivity index (χ1) is 15.3. The van der Waals surface area contributed by atoms with Gasteiger partial charge in [-0.05, 0) is 67.9 Å². The molecule has 0 aliphatic carbocycles. The van der Waals surface area contributed by atoms with Crippen molar-refractivity contribution < 1.29 is 23.5 Å². The van der Waals surface area contributed by atoms with Gasteiger partial charge in [-0.2, -0.15) is 0 Å². The zero-order chi connectivity index (χ0) is 22.6. The van der Waals surface area contributed by atoms with Crippen molar-refractivity contribution in [2.45, 2.75) is 19.9 Å². The summed E-state index contributed by atoms with van der Waals surface area (Å²) in [4.78, 5) is 32.0. The number of anilines is 1. The number of aromatic nitrogens is 1. The highest BCUT2D eigenvalue weighted by Gasteiger charge is 2.49. The van der Waals surface area contributed by atoms with Crippen LogP contribution in [0.5, 0.6) is 0 Å². The van der Waals surface area contributed by atoms with Crippen LogP contribution in [0, 0.1) is 19.7 Å². The summed E-state index contributed by atoms with van der Waals surface area (Å²) >= 11 is 1.28. The van der Waals surface area contributed by atoms with E-state index in [1.807, 2.05) is 25.1 Å². The molecule has 0 saturated carbocycles. The summed E-state index contributed by atoms with van der Waals surface area (Å²) < 4.78 is 20.0. The third kappa shape index (κ3) is 3.20. The van der Waals surface area contributed by atoms with E-state index in [9.17, 15) is 19.1 Å². The number of nitrogens with zero attached hydrogens (tertiary/aromatic N) is 2. The molecule has 2 aromatic carbocycles. The number of carbonyl (C=O) groups excluding carboxylic acids is 2. The van der Waals surface area contributed by atoms with Crippen molar-refractivity contribution in [1.82, 2.24) is 4.98 Å². The number of aryl methyl sites for hydroxylation is 2. The van der Waals surface area contributed by atoms with Crippen LogP contribution in [0.1, 0.15) is 28.7 Å². The summed E-state index contributed by atoms with van der Waals surface area (Å²) in [6, 6.07) is 13.1. The minimum atomic E-state index is -1.00. The molecule has 1 atom stereocenters. The van der Waals surface area contributed by atoms with Crippen molar-refractivity contribution in [3.63, 3.8) is 0 Å². The lowest BCUT2D eigenvalue weighted by molar-refractivity contribution is -0.132. The highest BCUT2D eigenvalue weighted by atomic mass is 32.1. The lowest BCUT2D eigenvalue weighted by Gasteiger charge is -2.20. The highest BCUT2D eigenvalue weighted by Crippen LogP contribution is 2.44. The molecule has 1 aliphatic heterocycles. The number of amides is 1. The number of hydrogen-bond acceptors (Lipinski definition) is 6. The van der Waals surface area contributed by atoms with Gasteiger partial charge in [0.2, 0.25) is 0 Å². The maximum absolute atomic E-state index is 13.4. The van der Waals surface area contributed by atoms with E-state index in [1.54, 1.807) is 19.1 Å². The van der Waals surface area contributed by atoms with E-state index in [1.165, 1.54) is 40.5 Å². The summed E-state index contributed by atoms with van der Waals surface area (Å²) in [5, 5.41) is 11.3. The van der Waals surface area contributed by atoms with Gasteiger partial charge >= 0.3 is 5.91 Å². The molecule has 1 unspecified atom stereocenters. The Morgan fingerprint density at radius 1 is 1.09 bits per heavy atom. The van der Waals surface area contributed by atoms with Crippen molar-refractivity contribution in [2.24, 2.45) is 0 Å². The molecular formula is C24H17FN2O4S. The van der Waals surface area contributed by atoms with Crippen LogP contribution in [-0.2, 0) is 9.59 Å². The number of fused-ring (bicyclic) bond motifs is 1. The molecule has 1 N–H and O–H groups in total. The first kappa shape index (κ1) is 20.1. The summed E-state index contributed by atoms with van der Waals surface area (Å²) in [5.41, 5.74) is 1.83. The van der Waals surface area contributed by atoms with E-state index in [4.69, 9.17) is 4.42 Å². The fourth-order valence-corrected chi connectivity index (χ4v) is 4.88. The fourth-order valence-electron chi connectivity index (χ4n) is 3.79. The van der Waals surface area contributed by atoms with Crippen LogP contribution in [0.25, 0.3) is 16.0 Å². The molecule has 1 aliphatic rings. The average Bonchev–Trinajstić information content (AvgIpc) is 3.44. The lowest BCUT2D eigenvalue weighted by Crippen LogP contribution is -2.29. The largest absolute Gasteiger partial charge is 0.507 e. The number of hydrogen-bond donors (Lipinski definition) is 1. The van der Waals surface area contributed by atoms with Crippen molar-refractivity contribution in [3.05, 3.63) is 88.6 Å². The molecule has 0 bridgehead atoms. The normalized spacial score (nSPS) is 18.1. The van der Waals surface area contributed by atoms with Gasteiger partial charge in [-0.15, -0.1) is 0 Å². The maximum Gasteiger partial charge on any atom is 0.302 e.